The van der Waals surface area contributed by atoms with Gasteiger partial charge in [-0.1, -0.05) is 48.5 Å². The van der Waals surface area contributed by atoms with Crippen molar-refractivity contribution in [2.75, 3.05) is 5.32 Å². The third-order valence-corrected chi connectivity index (χ3v) is 5.80. The lowest BCUT2D eigenvalue weighted by Gasteiger charge is -2.12. The number of thioether (sulfide) groups is 1. The van der Waals surface area contributed by atoms with Gasteiger partial charge in [0.1, 0.15) is 5.75 Å². The molecule has 2 heterocycles. The van der Waals surface area contributed by atoms with Crippen molar-refractivity contribution in [3.63, 3.8) is 0 Å². The lowest BCUT2D eigenvalue weighted by molar-refractivity contribution is 0.481. The number of benzene rings is 2. The van der Waals surface area contributed by atoms with E-state index in [1.807, 2.05) is 61.0 Å². The van der Waals surface area contributed by atoms with E-state index in [0.29, 0.717) is 11.6 Å². The molecule has 0 radical (unpaired) electrons. The zero-order valence-corrected chi connectivity index (χ0v) is 18.2. The van der Waals surface area contributed by atoms with E-state index in [-0.39, 0.29) is 12.4 Å². The Labute approximate surface area is 184 Å². The number of hydrogen-bond donors (Lipinski definition) is 1. The summed E-state index contributed by atoms with van der Waals surface area (Å²) in [7, 11) is 0. The molecule has 0 aliphatic carbocycles. The third kappa shape index (κ3) is 5.97. The van der Waals surface area contributed by atoms with Gasteiger partial charge in [-0.25, -0.2) is 9.97 Å². The molecule has 0 aliphatic heterocycles. The standard InChI is InChI=1S/C22H19N3OS2.ClH/c1-16-14-28-22(24-16)25-21-20(26-18-10-6-3-7-11-18)12-19(13-23-21)27-15-17-8-4-2-5-9-17;/h2-14H,15H2,1H3,(H,23,24,25);1H. The molecular weight excluding hydrogens is 422 g/mol. The lowest BCUT2D eigenvalue weighted by Crippen LogP contribution is -1.97. The fourth-order valence-electron chi connectivity index (χ4n) is 2.55. The second-order valence-corrected chi connectivity index (χ2v) is 8.03. The van der Waals surface area contributed by atoms with Crippen LogP contribution in [0.1, 0.15) is 11.3 Å². The summed E-state index contributed by atoms with van der Waals surface area (Å²) in [5.41, 5.74) is 2.26. The minimum Gasteiger partial charge on any atom is -0.453 e. The number of rotatable bonds is 7. The summed E-state index contributed by atoms with van der Waals surface area (Å²) in [4.78, 5) is 10.1. The number of halogens is 1. The van der Waals surface area contributed by atoms with E-state index in [1.165, 1.54) is 5.56 Å². The maximum Gasteiger partial charge on any atom is 0.188 e. The molecule has 4 rings (SSSR count). The highest BCUT2D eigenvalue weighted by molar-refractivity contribution is 7.98. The first-order valence-electron chi connectivity index (χ1n) is 8.85. The van der Waals surface area contributed by atoms with E-state index in [4.69, 9.17) is 4.74 Å². The van der Waals surface area contributed by atoms with Gasteiger partial charge in [0.15, 0.2) is 16.7 Å². The zero-order valence-electron chi connectivity index (χ0n) is 15.7. The molecule has 4 aromatic rings. The van der Waals surface area contributed by atoms with Crippen LogP contribution < -0.4 is 10.1 Å². The van der Waals surface area contributed by atoms with Gasteiger partial charge in [0, 0.05) is 22.2 Å². The molecular formula is C22H20ClN3OS2. The Bertz CT molecular complexity index is 1040. The van der Waals surface area contributed by atoms with Gasteiger partial charge in [0.25, 0.3) is 0 Å². The van der Waals surface area contributed by atoms with Crippen molar-refractivity contribution < 1.29 is 4.74 Å². The summed E-state index contributed by atoms with van der Waals surface area (Å²) in [5.74, 6) is 2.98. The van der Waals surface area contributed by atoms with Crippen molar-refractivity contribution in [3.8, 4) is 11.5 Å². The number of anilines is 2. The normalized spacial score (nSPS) is 10.2. The second-order valence-electron chi connectivity index (χ2n) is 6.13. The predicted molar refractivity (Wildman–Crippen MR) is 124 cm³/mol. The minimum atomic E-state index is 0. The summed E-state index contributed by atoms with van der Waals surface area (Å²) < 4.78 is 6.12. The highest BCUT2D eigenvalue weighted by Crippen LogP contribution is 2.35. The van der Waals surface area contributed by atoms with Crippen LogP contribution in [-0.4, -0.2) is 9.97 Å². The van der Waals surface area contributed by atoms with Crippen LogP contribution in [0.2, 0.25) is 0 Å². The number of aryl methyl sites for hydroxylation is 1. The third-order valence-electron chi connectivity index (χ3n) is 3.89. The molecule has 0 saturated heterocycles. The molecule has 0 aliphatic rings. The van der Waals surface area contributed by atoms with Gasteiger partial charge in [-0.2, -0.15) is 0 Å². The fourth-order valence-corrected chi connectivity index (χ4v) is 4.08. The molecule has 0 amide bonds. The molecule has 0 saturated carbocycles. The Hall–Kier alpha value is -2.54. The van der Waals surface area contributed by atoms with E-state index in [2.05, 4.69) is 39.6 Å². The molecule has 2 aromatic heterocycles. The smallest absolute Gasteiger partial charge is 0.188 e. The van der Waals surface area contributed by atoms with Gasteiger partial charge in [-0.15, -0.1) is 35.5 Å². The zero-order chi connectivity index (χ0) is 19.2. The molecule has 2 aromatic carbocycles. The SMILES string of the molecule is Cc1csc(Nc2ncc(SCc3ccccc3)cc2Oc2ccccc2)n1.Cl. The van der Waals surface area contributed by atoms with Crippen molar-refractivity contribution in [2.24, 2.45) is 0 Å². The number of ether oxygens (including phenoxy) is 1. The number of para-hydroxylation sites is 1. The van der Waals surface area contributed by atoms with Crippen LogP contribution in [0.3, 0.4) is 0 Å². The van der Waals surface area contributed by atoms with Crippen molar-refractivity contribution >= 4 is 46.5 Å². The van der Waals surface area contributed by atoms with E-state index in [1.54, 1.807) is 23.1 Å². The second kappa shape index (κ2) is 10.3. The van der Waals surface area contributed by atoms with Gasteiger partial charge in [0.2, 0.25) is 0 Å². The van der Waals surface area contributed by atoms with E-state index in [0.717, 1.165) is 27.2 Å². The average Bonchev–Trinajstić information content (AvgIpc) is 3.14. The number of nitrogens with zero attached hydrogens (tertiary/aromatic N) is 2. The number of thiazole rings is 1. The predicted octanol–water partition coefficient (Wildman–Crippen LogP) is 7.10. The van der Waals surface area contributed by atoms with Crippen LogP contribution in [-0.2, 0) is 5.75 Å². The van der Waals surface area contributed by atoms with Crippen LogP contribution >= 0.6 is 35.5 Å². The van der Waals surface area contributed by atoms with E-state index in [9.17, 15) is 0 Å². The van der Waals surface area contributed by atoms with Crippen LogP contribution in [0, 0.1) is 6.92 Å². The molecule has 148 valence electrons. The highest BCUT2D eigenvalue weighted by Gasteiger charge is 2.11. The molecule has 0 spiro atoms. The summed E-state index contributed by atoms with van der Waals surface area (Å²) >= 11 is 3.28. The van der Waals surface area contributed by atoms with Gasteiger partial charge >= 0.3 is 0 Å². The quantitative estimate of drug-likeness (QED) is 0.310. The van der Waals surface area contributed by atoms with Gasteiger partial charge in [0.05, 0.1) is 5.69 Å². The van der Waals surface area contributed by atoms with Crippen LogP contribution in [0.25, 0.3) is 0 Å². The van der Waals surface area contributed by atoms with Crippen molar-refractivity contribution in [1.82, 2.24) is 9.97 Å². The van der Waals surface area contributed by atoms with Crippen molar-refractivity contribution in [3.05, 3.63) is 89.6 Å². The summed E-state index contributed by atoms with van der Waals surface area (Å²) in [6.07, 6.45) is 1.87. The molecule has 0 fully saturated rings. The van der Waals surface area contributed by atoms with Crippen LogP contribution in [0.15, 0.2) is 83.2 Å². The molecule has 0 unspecified atom stereocenters. The first-order chi connectivity index (χ1) is 13.8. The summed E-state index contributed by atoms with van der Waals surface area (Å²) in [5, 5.41) is 6.08. The molecule has 0 atom stereocenters. The Morgan fingerprint density at radius 3 is 2.45 bits per heavy atom. The summed E-state index contributed by atoms with van der Waals surface area (Å²) in [6, 6.07) is 22.2. The fraction of sp³-hybridized carbons (Fsp3) is 0.0909. The number of hydrogen-bond acceptors (Lipinski definition) is 6. The number of aromatic nitrogens is 2. The first kappa shape index (κ1) is 21.2. The van der Waals surface area contributed by atoms with Crippen LogP contribution in [0.5, 0.6) is 11.5 Å². The topological polar surface area (TPSA) is 47.0 Å². The van der Waals surface area contributed by atoms with Crippen LogP contribution in [0.4, 0.5) is 10.9 Å². The highest BCUT2D eigenvalue weighted by atomic mass is 35.5. The number of nitrogens with one attached hydrogen (secondary N) is 1. The molecule has 0 bridgehead atoms. The maximum atomic E-state index is 6.12. The largest absolute Gasteiger partial charge is 0.453 e. The first-order valence-corrected chi connectivity index (χ1v) is 10.7. The molecule has 4 nitrogen and oxygen atoms in total. The van der Waals surface area contributed by atoms with Gasteiger partial charge in [-0.3, -0.25) is 0 Å². The Morgan fingerprint density at radius 1 is 1.03 bits per heavy atom. The molecule has 7 heteroatoms. The molecule has 29 heavy (non-hydrogen) atoms. The Balaban J connectivity index is 0.00000240. The minimum absolute atomic E-state index is 0. The van der Waals surface area contributed by atoms with Gasteiger partial charge < -0.3 is 10.1 Å². The lowest BCUT2D eigenvalue weighted by atomic mass is 10.2. The monoisotopic (exact) mass is 441 g/mol. The Morgan fingerprint density at radius 2 is 1.76 bits per heavy atom. The number of pyridine rings is 1. The van der Waals surface area contributed by atoms with E-state index >= 15 is 0 Å². The van der Waals surface area contributed by atoms with E-state index < -0.39 is 0 Å². The average molecular weight is 442 g/mol. The molecule has 1 N–H and O–H groups in total. The Kier molecular flexibility index (Phi) is 7.52. The van der Waals surface area contributed by atoms with Crippen molar-refractivity contribution in [2.45, 2.75) is 17.6 Å². The maximum absolute atomic E-state index is 6.12. The van der Waals surface area contributed by atoms with Gasteiger partial charge in [-0.05, 0) is 30.7 Å². The van der Waals surface area contributed by atoms with Crippen molar-refractivity contribution in [1.29, 1.82) is 0 Å². The summed E-state index contributed by atoms with van der Waals surface area (Å²) in [6.45, 7) is 1.97.